The lowest BCUT2D eigenvalue weighted by molar-refractivity contribution is 0.559. The molecular formula is C16H30. The first-order valence-corrected chi connectivity index (χ1v) is 7.07. The monoisotopic (exact) mass is 222 g/mol. The summed E-state index contributed by atoms with van der Waals surface area (Å²) < 4.78 is 0. The van der Waals surface area contributed by atoms with Crippen molar-refractivity contribution in [1.82, 2.24) is 0 Å². The predicted molar refractivity (Wildman–Crippen MR) is 75.7 cm³/mol. The van der Waals surface area contributed by atoms with Crippen LogP contribution in [0.15, 0.2) is 24.3 Å². The van der Waals surface area contributed by atoms with E-state index in [4.69, 9.17) is 0 Å². The number of hydrogen-bond donors (Lipinski definition) is 0. The molecule has 0 radical (unpaired) electrons. The van der Waals surface area contributed by atoms with Crippen molar-refractivity contribution in [2.45, 2.75) is 72.1 Å². The Morgan fingerprint density at radius 3 is 2.00 bits per heavy atom. The summed E-state index contributed by atoms with van der Waals surface area (Å²) in [5.41, 5.74) is 0. The maximum atomic E-state index is 2.33. The Labute approximate surface area is 103 Å². The lowest BCUT2D eigenvalue weighted by Gasteiger charge is -2.00. The molecule has 0 aromatic heterocycles. The van der Waals surface area contributed by atoms with Crippen LogP contribution in [0.25, 0.3) is 0 Å². The van der Waals surface area contributed by atoms with Gasteiger partial charge in [0.1, 0.15) is 0 Å². The maximum Gasteiger partial charge on any atom is -0.0169 e. The second-order valence-electron chi connectivity index (χ2n) is 5.00. The SMILES string of the molecule is CCCCC/C=C/C/C=C/CCCC(C)C. The van der Waals surface area contributed by atoms with Gasteiger partial charge in [-0.05, 0) is 38.0 Å². The van der Waals surface area contributed by atoms with Crippen molar-refractivity contribution in [2.24, 2.45) is 5.92 Å². The van der Waals surface area contributed by atoms with Crippen molar-refractivity contribution in [3.8, 4) is 0 Å². The summed E-state index contributed by atoms with van der Waals surface area (Å²) in [4.78, 5) is 0. The molecule has 0 N–H and O–H groups in total. The molecule has 0 aromatic rings. The highest BCUT2D eigenvalue weighted by Crippen LogP contribution is 2.06. The normalized spacial score (nSPS) is 12.2. The molecule has 0 heterocycles. The molecule has 0 amide bonds. The van der Waals surface area contributed by atoms with Crippen LogP contribution in [0.5, 0.6) is 0 Å². The van der Waals surface area contributed by atoms with Crippen LogP contribution in [0.4, 0.5) is 0 Å². The number of allylic oxidation sites excluding steroid dienone is 4. The van der Waals surface area contributed by atoms with Crippen LogP contribution in [-0.4, -0.2) is 0 Å². The third-order valence-electron chi connectivity index (χ3n) is 2.73. The summed E-state index contributed by atoms with van der Waals surface area (Å²) in [5.74, 6) is 0.854. The molecule has 0 saturated heterocycles. The first-order valence-electron chi connectivity index (χ1n) is 7.07. The zero-order valence-electron chi connectivity index (χ0n) is 11.5. The van der Waals surface area contributed by atoms with E-state index >= 15 is 0 Å². The fraction of sp³-hybridized carbons (Fsp3) is 0.750. The molecule has 0 atom stereocenters. The van der Waals surface area contributed by atoms with Crippen LogP contribution < -0.4 is 0 Å². The highest BCUT2D eigenvalue weighted by Gasteiger charge is 1.90. The number of rotatable bonds is 10. The Morgan fingerprint density at radius 1 is 0.812 bits per heavy atom. The van der Waals surface area contributed by atoms with Gasteiger partial charge in [0.05, 0.1) is 0 Å². The average Bonchev–Trinajstić information content (AvgIpc) is 2.25. The zero-order valence-corrected chi connectivity index (χ0v) is 11.5. The predicted octanol–water partition coefficient (Wildman–Crippen LogP) is 5.90. The van der Waals surface area contributed by atoms with Gasteiger partial charge in [-0.1, -0.05) is 64.3 Å². The molecule has 0 spiro atoms. The molecule has 0 fully saturated rings. The van der Waals surface area contributed by atoms with Crippen molar-refractivity contribution in [1.29, 1.82) is 0 Å². The van der Waals surface area contributed by atoms with Gasteiger partial charge in [0.2, 0.25) is 0 Å². The van der Waals surface area contributed by atoms with Gasteiger partial charge in [-0.25, -0.2) is 0 Å². The molecule has 0 nitrogen and oxygen atoms in total. The molecule has 0 saturated carbocycles. The van der Waals surface area contributed by atoms with Gasteiger partial charge < -0.3 is 0 Å². The highest BCUT2D eigenvalue weighted by atomic mass is 14.0. The first kappa shape index (κ1) is 15.5. The fourth-order valence-electron chi connectivity index (χ4n) is 1.66. The van der Waals surface area contributed by atoms with E-state index in [2.05, 4.69) is 45.1 Å². The van der Waals surface area contributed by atoms with E-state index in [0.29, 0.717) is 0 Å². The quantitative estimate of drug-likeness (QED) is 0.319. The van der Waals surface area contributed by atoms with Gasteiger partial charge in [0.25, 0.3) is 0 Å². The topological polar surface area (TPSA) is 0 Å². The van der Waals surface area contributed by atoms with E-state index in [9.17, 15) is 0 Å². The second kappa shape index (κ2) is 12.5. The summed E-state index contributed by atoms with van der Waals surface area (Å²) in [5, 5.41) is 0. The van der Waals surface area contributed by atoms with Crippen LogP contribution in [0, 0.1) is 5.92 Å². The molecule has 0 aliphatic rings. The van der Waals surface area contributed by atoms with Gasteiger partial charge in [-0.3, -0.25) is 0 Å². The van der Waals surface area contributed by atoms with E-state index in [1.807, 2.05) is 0 Å². The maximum absolute atomic E-state index is 2.33. The van der Waals surface area contributed by atoms with Gasteiger partial charge in [0.15, 0.2) is 0 Å². The van der Waals surface area contributed by atoms with Gasteiger partial charge in [0, 0.05) is 0 Å². The van der Waals surface area contributed by atoms with Crippen molar-refractivity contribution < 1.29 is 0 Å². The van der Waals surface area contributed by atoms with E-state index in [0.717, 1.165) is 12.3 Å². The second-order valence-corrected chi connectivity index (χ2v) is 5.00. The lowest BCUT2D eigenvalue weighted by Crippen LogP contribution is -1.84. The molecular weight excluding hydrogens is 192 g/mol. The minimum absolute atomic E-state index is 0.854. The zero-order chi connectivity index (χ0) is 12.1. The minimum Gasteiger partial charge on any atom is -0.0882 e. The largest absolute Gasteiger partial charge is 0.0882 e. The molecule has 0 aromatic carbocycles. The highest BCUT2D eigenvalue weighted by molar-refractivity contribution is 4.92. The van der Waals surface area contributed by atoms with Crippen LogP contribution in [0.3, 0.4) is 0 Å². The van der Waals surface area contributed by atoms with Crippen LogP contribution in [0.2, 0.25) is 0 Å². The summed E-state index contributed by atoms with van der Waals surface area (Å²) in [6, 6.07) is 0. The van der Waals surface area contributed by atoms with E-state index in [-0.39, 0.29) is 0 Å². The Hall–Kier alpha value is -0.520. The van der Waals surface area contributed by atoms with E-state index in [1.165, 1.54) is 44.9 Å². The Balaban J connectivity index is 3.20. The molecule has 0 rings (SSSR count). The molecule has 0 aliphatic carbocycles. The van der Waals surface area contributed by atoms with Crippen molar-refractivity contribution in [3.05, 3.63) is 24.3 Å². The van der Waals surface area contributed by atoms with Gasteiger partial charge in [-0.2, -0.15) is 0 Å². The summed E-state index contributed by atoms with van der Waals surface area (Å²) in [7, 11) is 0. The molecule has 16 heavy (non-hydrogen) atoms. The van der Waals surface area contributed by atoms with Crippen LogP contribution in [-0.2, 0) is 0 Å². The lowest BCUT2D eigenvalue weighted by atomic mass is 10.1. The molecule has 0 unspecified atom stereocenters. The molecule has 0 bridgehead atoms. The summed E-state index contributed by atoms with van der Waals surface area (Å²) >= 11 is 0. The average molecular weight is 222 g/mol. The van der Waals surface area contributed by atoms with E-state index in [1.54, 1.807) is 0 Å². The summed E-state index contributed by atoms with van der Waals surface area (Å²) in [6.45, 7) is 6.84. The third-order valence-corrected chi connectivity index (χ3v) is 2.73. The van der Waals surface area contributed by atoms with Crippen molar-refractivity contribution in [3.63, 3.8) is 0 Å². The molecule has 0 heteroatoms. The van der Waals surface area contributed by atoms with Gasteiger partial charge >= 0.3 is 0 Å². The third kappa shape index (κ3) is 13.5. The van der Waals surface area contributed by atoms with Crippen LogP contribution in [0.1, 0.15) is 72.1 Å². The van der Waals surface area contributed by atoms with Crippen molar-refractivity contribution in [2.75, 3.05) is 0 Å². The molecule has 0 aliphatic heterocycles. The number of hydrogen-bond acceptors (Lipinski definition) is 0. The minimum atomic E-state index is 0.854. The molecule has 94 valence electrons. The van der Waals surface area contributed by atoms with E-state index < -0.39 is 0 Å². The Bertz CT molecular complexity index is 174. The summed E-state index contributed by atoms with van der Waals surface area (Å²) in [6.07, 6.45) is 19.6. The van der Waals surface area contributed by atoms with Gasteiger partial charge in [-0.15, -0.1) is 0 Å². The van der Waals surface area contributed by atoms with Crippen LogP contribution >= 0.6 is 0 Å². The first-order chi connectivity index (χ1) is 7.77. The fourth-order valence-corrected chi connectivity index (χ4v) is 1.66. The van der Waals surface area contributed by atoms with Crippen molar-refractivity contribution >= 4 is 0 Å². The number of unbranched alkanes of at least 4 members (excludes halogenated alkanes) is 4. The Kier molecular flexibility index (Phi) is 12.1. The smallest absolute Gasteiger partial charge is 0.0169 e. The standard InChI is InChI=1S/C16H30/c1-4-5-6-7-8-9-10-11-12-13-14-15-16(2)3/h8-9,11-12,16H,4-7,10,13-15H2,1-3H3/b9-8+,12-11+. The Morgan fingerprint density at radius 2 is 1.44 bits per heavy atom.